The number of carbonyl (C=O) groups is 1. The number of hydrogen-bond acceptors (Lipinski definition) is 4. The van der Waals surface area contributed by atoms with Gasteiger partial charge in [-0.1, -0.05) is 20.8 Å². The zero-order valence-electron chi connectivity index (χ0n) is 18.1. The Kier molecular flexibility index (Phi) is 3.04. The van der Waals surface area contributed by atoms with Crippen LogP contribution < -0.4 is 0 Å². The largest absolute Gasteiger partial charge is 0.458 e. The summed E-state index contributed by atoms with van der Waals surface area (Å²) in [5.41, 5.74) is -0.818. The van der Waals surface area contributed by atoms with E-state index < -0.39 is 5.60 Å². The first kappa shape index (κ1) is 18.0. The van der Waals surface area contributed by atoms with E-state index in [1.807, 2.05) is 0 Å². The molecular weight excluding hydrogens is 364 g/mol. The SMILES string of the molecule is C[C@H]1[C@H]2C3C4C(CC[C@]3(C)[C@]3(CCC(=O)O3)[C@@H]12)[C@@]1(C)CC[C@H](O)C[C@@]1(O)[C@@H]1C[C@H]41. The van der Waals surface area contributed by atoms with Crippen molar-refractivity contribution in [2.75, 3.05) is 0 Å². The Hall–Kier alpha value is -0.610. The Bertz CT molecular complexity index is 811. The van der Waals surface area contributed by atoms with Gasteiger partial charge < -0.3 is 14.9 Å². The van der Waals surface area contributed by atoms with E-state index >= 15 is 0 Å². The molecule has 0 amide bonds. The van der Waals surface area contributed by atoms with Crippen molar-refractivity contribution < 1.29 is 19.7 Å². The van der Waals surface area contributed by atoms with Crippen LogP contribution in [0, 0.1) is 58.2 Å². The van der Waals surface area contributed by atoms with Gasteiger partial charge in [0.05, 0.1) is 11.7 Å². The minimum atomic E-state index is -0.672. The number of aliphatic hydroxyl groups is 2. The van der Waals surface area contributed by atoms with Crippen LogP contribution in [0.2, 0.25) is 0 Å². The monoisotopic (exact) mass is 400 g/mol. The van der Waals surface area contributed by atoms with Gasteiger partial charge >= 0.3 is 5.97 Å². The number of hydrogen-bond donors (Lipinski definition) is 2. The smallest absolute Gasteiger partial charge is 0.306 e. The van der Waals surface area contributed by atoms with Crippen molar-refractivity contribution in [2.24, 2.45) is 58.2 Å². The van der Waals surface area contributed by atoms with Crippen molar-refractivity contribution in [1.82, 2.24) is 0 Å². The van der Waals surface area contributed by atoms with Gasteiger partial charge in [0.15, 0.2) is 0 Å². The lowest BCUT2D eigenvalue weighted by Gasteiger charge is -2.65. The van der Waals surface area contributed by atoms with Crippen LogP contribution in [0.25, 0.3) is 0 Å². The molecule has 13 atom stereocenters. The maximum atomic E-state index is 12.3. The van der Waals surface area contributed by atoms with Gasteiger partial charge in [-0.15, -0.1) is 0 Å². The minimum Gasteiger partial charge on any atom is -0.458 e. The summed E-state index contributed by atoms with van der Waals surface area (Å²) >= 11 is 0. The van der Waals surface area contributed by atoms with Crippen molar-refractivity contribution in [3.05, 3.63) is 0 Å². The maximum absolute atomic E-state index is 12.3. The maximum Gasteiger partial charge on any atom is 0.306 e. The molecule has 7 aliphatic rings. The molecule has 7 fully saturated rings. The number of ether oxygens (including phenoxy) is 1. The Morgan fingerprint density at radius 1 is 1.00 bits per heavy atom. The fourth-order valence-corrected chi connectivity index (χ4v) is 11.0. The molecular formula is C25H36O4. The molecule has 0 radical (unpaired) electrons. The molecule has 0 bridgehead atoms. The zero-order valence-corrected chi connectivity index (χ0v) is 18.1. The van der Waals surface area contributed by atoms with Crippen LogP contribution in [-0.2, 0) is 9.53 Å². The first-order valence-electron chi connectivity index (χ1n) is 12.3. The lowest BCUT2D eigenvalue weighted by atomic mass is 9.42. The number of rotatable bonds is 0. The van der Waals surface area contributed by atoms with E-state index in [0.29, 0.717) is 60.2 Å². The molecule has 4 nitrogen and oxygen atoms in total. The summed E-state index contributed by atoms with van der Waals surface area (Å²) in [6.45, 7) is 7.23. The second-order valence-electron chi connectivity index (χ2n) is 12.7. The van der Waals surface area contributed by atoms with E-state index in [2.05, 4.69) is 20.8 Å². The molecule has 2 N–H and O–H groups in total. The van der Waals surface area contributed by atoms with Crippen LogP contribution in [-0.4, -0.2) is 33.5 Å². The number of carbonyl (C=O) groups excluding carboxylic acids is 1. The van der Waals surface area contributed by atoms with Crippen LogP contribution in [0.3, 0.4) is 0 Å². The van der Waals surface area contributed by atoms with Gasteiger partial charge in [0, 0.05) is 24.2 Å². The molecule has 4 heteroatoms. The average Bonchev–Trinajstić information content (AvgIpc) is 3.53. The highest BCUT2D eigenvalue weighted by molar-refractivity contribution is 5.73. The average molecular weight is 401 g/mol. The van der Waals surface area contributed by atoms with Crippen molar-refractivity contribution >= 4 is 5.97 Å². The lowest BCUT2D eigenvalue weighted by molar-refractivity contribution is -0.238. The van der Waals surface area contributed by atoms with Crippen molar-refractivity contribution in [3.8, 4) is 0 Å². The fourth-order valence-electron chi connectivity index (χ4n) is 11.0. The molecule has 7 rings (SSSR count). The minimum absolute atomic E-state index is 0.0300. The van der Waals surface area contributed by atoms with Crippen LogP contribution >= 0.6 is 0 Å². The van der Waals surface area contributed by atoms with E-state index in [1.165, 1.54) is 0 Å². The topological polar surface area (TPSA) is 66.8 Å². The predicted molar refractivity (Wildman–Crippen MR) is 107 cm³/mol. The molecule has 1 spiro atoms. The highest BCUT2D eigenvalue weighted by Crippen LogP contribution is 2.84. The Morgan fingerprint density at radius 2 is 1.76 bits per heavy atom. The zero-order chi connectivity index (χ0) is 20.1. The number of aliphatic hydroxyl groups excluding tert-OH is 1. The van der Waals surface area contributed by atoms with Crippen LogP contribution in [0.1, 0.15) is 72.1 Å². The molecule has 3 unspecified atom stereocenters. The third-order valence-electron chi connectivity index (χ3n) is 12.3. The third-order valence-corrected chi connectivity index (χ3v) is 12.3. The van der Waals surface area contributed by atoms with E-state index in [9.17, 15) is 15.0 Å². The molecule has 1 saturated heterocycles. The van der Waals surface area contributed by atoms with E-state index in [-0.39, 0.29) is 28.5 Å². The molecule has 29 heavy (non-hydrogen) atoms. The second kappa shape index (κ2) is 4.90. The quantitative estimate of drug-likeness (QED) is 0.611. The Labute approximate surface area is 173 Å². The summed E-state index contributed by atoms with van der Waals surface area (Å²) in [5.74, 6) is 4.87. The van der Waals surface area contributed by atoms with Gasteiger partial charge in [-0.25, -0.2) is 0 Å². The van der Waals surface area contributed by atoms with Crippen molar-refractivity contribution in [1.29, 1.82) is 0 Å². The van der Waals surface area contributed by atoms with Gasteiger partial charge in [-0.05, 0) is 85.4 Å². The van der Waals surface area contributed by atoms with Gasteiger partial charge in [-0.2, -0.15) is 0 Å². The fraction of sp³-hybridized carbons (Fsp3) is 0.960. The first-order chi connectivity index (χ1) is 13.7. The molecule has 1 aliphatic heterocycles. The van der Waals surface area contributed by atoms with Crippen LogP contribution in [0.5, 0.6) is 0 Å². The molecule has 0 aromatic rings. The normalized spacial score (nSPS) is 69.0. The van der Waals surface area contributed by atoms with Gasteiger partial charge in [0.25, 0.3) is 0 Å². The van der Waals surface area contributed by atoms with Gasteiger partial charge in [-0.3, -0.25) is 4.79 Å². The van der Waals surface area contributed by atoms with Crippen LogP contribution in [0.4, 0.5) is 0 Å². The van der Waals surface area contributed by atoms with Crippen molar-refractivity contribution in [2.45, 2.75) is 89.4 Å². The first-order valence-corrected chi connectivity index (χ1v) is 12.3. The lowest BCUT2D eigenvalue weighted by Crippen LogP contribution is -2.65. The predicted octanol–water partition coefficient (Wildman–Crippen LogP) is 3.54. The van der Waals surface area contributed by atoms with Gasteiger partial charge in [0.1, 0.15) is 5.60 Å². The highest BCUT2D eigenvalue weighted by atomic mass is 16.6. The van der Waals surface area contributed by atoms with Crippen molar-refractivity contribution in [3.63, 3.8) is 0 Å². The summed E-state index contributed by atoms with van der Waals surface area (Å²) in [7, 11) is 0. The molecule has 160 valence electrons. The molecule has 0 aromatic heterocycles. The molecule has 6 aliphatic carbocycles. The summed E-state index contributed by atoms with van der Waals surface area (Å²) in [5, 5.41) is 22.3. The molecule has 0 aromatic carbocycles. The number of fused-ring (bicyclic) bond motifs is 12. The van der Waals surface area contributed by atoms with E-state index in [1.54, 1.807) is 0 Å². The highest BCUT2D eigenvalue weighted by Gasteiger charge is 2.84. The summed E-state index contributed by atoms with van der Waals surface area (Å²) < 4.78 is 6.28. The number of esters is 1. The molecule has 6 saturated carbocycles. The van der Waals surface area contributed by atoms with E-state index in [0.717, 1.165) is 38.5 Å². The molecule has 1 heterocycles. The Balaban J connectivity index is 1.33. The van der Waals surface area contributed by atoms with E-state index in [4.69, 9.17) is 4.74 Å². The Morgan fingerprint density at radius 3 is 2.48 bits per heavy atom. The summed E-state index contributed by atoms with van der Waals surface area (Å²) in [6.07, 6.45) is 7.02. The third kappa shape index (κ3) is 1.72. The summed E-state index contributed by atoms with van der Waals surface area (Å²) in [4.78, 5) is 12.3. The second-order valence-corrected chi connectivity index (χ2v) is 12.7. The summed E-state index contributed by atoms with van der Waals surface area (Å²) in [6, 6.07) is 0. The van der Waals surface area contributed by atoms with Gasteiger partial charge in [0.2, 0.25) is 0 Å². The van der Waals surface area contributed by atoms with Crippen LogP contribution in [0.15, 0.2) is 0 Å². The standard InChI is InChI=1S/C25H36O4/c1-12-18-20(12)25(9-6-17(27)29-25)23(3)8-5-15-19(21(18)23)14-10-16(14)24(28)11-13(26)4-7-22(15,24)2/h12-16,18-21,26,28H,4-11H2,1-3H3/t12-,13-,14-,15?,16+,18+,19?,20-,21?,22+,23-,24+,25-/m0/s1.